The van der Waals surface area contributed by atoms with Crippen LogP contribution in [-0.4, -0.2) is 75.2 Å². The average Bonchev–Trinajstić information content (AvgIpc) is 3.28. The fourth-order valence-electron chi connectivity index (χ4n) is 3.84. The maximum atomic E-state index is 5.90. The number of nitrogens with zero attached hydrogens (tertiary/aromatic N) is 8. The second-order valence-electron chi connectivity index (χ2n) is 8.49. The number of nitrogen functional groups attached to an aromatic ring is 1. The van der Waals surface area contributed by atoms with Crippen molar-refractivity contribution in [1.82, 2.24) is 34.9 Å². The SMILES string of the molecule is Cc1ccc(-c2noc(C(C)N3CCN(C(C)c4nc(N)nc(N(C)C)n4)CC3)n2)cc1. The van der Waals surface area contributed by atoms with Gasteiger partial charge in [0.15, 0.2) is 5.82 Å². The maximum Gasteiger partial charge on any atom is 0.244 e. The van der Waals surface area contributed by atoms with Gasteiger partial charge in [-0.3, -0.25) is 9.80 Å². The highest BCUT2D eigenvalue weighted by atomic mass is 16.5. The van der Waals surface area contributed by atoms with E-state index in [1.54, 1.807) is 0 Å². The van der Waals surface area contributed by atoms with Gasteiger partial charge in [0.1, 0.15) is 0 Å². The highest BCUT2D eigenvalue weighted by Gasteiger charge is 2.29. The predicted molar refractivity (Wildman–Crippen MR) is 123 cm³/mol. The Morgan fingerprint density at radius 3 is 2.16 bits per heavy atom. The zero-order chi connectivity index (χ0) is 22.8. The normalized spacial score (nSPS) is 17.3. The van der Waals surface area contributed by atoms with Crippen molar-refractivity contribution in [2.24, 2.45) is 0 Å². The Labute approximate surface area is 188 Å². The minimum absolute atomic E-state index is 0.0484. The lowest BCUT2D eigenvalue weighted by Crippen LogP contribution is -2.48. The highest BCUT2D eigenvalue weighted by Crippen LogP contribution is 2.26. The molecular formula is C22H31N9O. The molecule has 10 heteroatoms. The molecule has 1 saturated heterocycles. The van der Waals surface area contributed by atoms with Gasteiger partial charge in [-0.05, 0) is 20.8 Å². The van der Waals surface area contributed by atoms with Crippen LogP contribution in [0.5, 0.6) is 0 Å². The Kier molecular flexibility index (Phi) is 6.33. The van der Waals surface area contributed by atoms with Crippen molar-refractivity contribution >= 4 is 11.9 Å². The Balaban J connectivity index is 1.39. The molecule has 170 valence electrons. The summed E-state index contributed by atoms with van der Waals surface area (Å²) in [7, 11) is 3.79. The van der Waals surface area contributed by atoms with Gasteiger partial charge in [-0.25, -0.2) is 0 Å². The van der Waals surface area contributed by atoms with Crippen LogP contribution in [0, 0.1) is 6.92 Å². The number of anilines is 2. The molecule has 0 bridgehead atoms. The summed E-state index contributed by atoms with van der Waals surface area (Å²) in [4.78, 5) is 24.4. The largest absolute Gasteiger partial charge is 0.368 e. The van der Waals surface area contributed by atoms with E-state index in [0.29, 0.717) is 23.5 Å². The number of piperazine rings is 1. The first-order valence-corrected chi connectivity index (χ1v) is 10.9. The summed E-state index contributed by atoms with van der Waals surface area (Å²) >= 11 is 0. The molecule has 1 aliphatic heterocycles. The molecule has 32 heavy (non-hydrogen) atoms. The summed E-state index contributed by atoms with van der Waals surface area (Å²) in [5, 5.41) is 4.18. The molecule has 0 amide bonds. The Hall–Kier alpha value is -3.11. The van der Waals surface area contributed by atoms with Crippen LogP contribution in [-0.2, 0) is 0 Å². The van der Waals surface area contributed by atoms with Crippen LogP contribution in [0.25, 0.3) is 11.4 Å². The minimum atomic E-state index is 0.0484. The molecule has 2 aromatic heterocycles. The van der Waals surface area contributed by atoms with Crippen molar-refractivity contribution < 1.29 is 4.52 Å². The van der Waals surface area contributed by atoms with Gasteiger partial charge in [0.05, 0.1) is 12.1 Å². The average molecular weight is 438 g/mol. The fourth-order valence-corrected chi connectivity index (χ4v) is 3.84. The summed E-state index contributed by atoms with van der Waals surface area (Å²) in [6.07, 6.45) is 0. The van der Waals surface area contributed by atoms with Crippen LogP contribution in [0.2, 0.25) is 0 Å². The predicted octanol–water partition coefficient (Wildman–Crippen LogP) is 2.32. The summed E-state index contributed by atoms with van der Waals surface area (Å²) in [6.45, 7) is 9.82. The molecule has 1 aromatic carbocycles. The molecule has 1 aliphatic rings. The van der Waals surface area contributed by atoms with Crippen molar-refractivity contribution in [1.29, 1.82) is 0 Å². The molecule has 2 N–H and O–H groups in total. The molecule has 3 aromatic rings. The molecule has 1 fully saturated rings. The monoisotopic (exact) mass is 437 g/mol. The van der Waals surface area contributed by atoms with Crippen LogP contribution in [0.3, 0.4) is 0 Å². The van der Waals surface area contributed by atoms with Crippen molar-refractivity contribution in [3.63, 3.8) is 0 Å². The van der Waals surface area contributed by atoms with Crippen molar-refractivity contribution in [2.75, 3.05) is 50.9 Å². The van der Waals surface area contributed by atoms with Gasteiger partial charge in [0.25, 0.3) is 0 Å². The Morgan fingerprint density at radius 1 is 0.906 bits per heavy atom. The zero-order valence-electron chi connectivity index (χ0n) is 19.4. The van der Waals surface area contributed by atoms with E-state index in [2.05, 4.69) is 67.8 Å². The quantitative estimate of drug-likeness (QED) is 0.616. The Morgan fingerprint density at radius 2 is 1.53 bits per heavy atom. The van der Waals surface area contributed by atoms with Gasteiger partial charge in [-0.2, -0.15) is 19.9 Å². The maximum absolute atomic E-state index is 5.90. The number of nitrogens with two attached hydrogens (primary N) is 1. The lowest BCUT2D eigenvalue weighted by Gasteiger charge is -2.39. The molecule has 2 atom stereocenters. The lowest BCUT2D eigenvalue weighted by atomic mass is 10.1. The number of hydrogen-bond donors (Lipinski definition) is 1. The van der Waals surface area contributed by atoms with Gasteiger partial charge >= 0.3 is 0 Å². The first-order chi connectivity index (χ1) is 15.3. The molecule has 0 radical (unpaired) electrons. The van der Waals surface area contributed by atoms with Gasteiger partial charge in [0, 0.05) is 45.8 Å². The first-order valence-electron chi connectivity index (χ1n) is 10.9. The first kappa shape index (κ1) is 22.1. The molecule has 3 heterocycles. The molecular weight excluding hydrogens is 406 g/mol. The zero-order valence-corrected chi connectivity index (χ0v) is 19.4. The Bertz CT molecular complexity index is 1040. The van der Waals surface area contributed by atoms with E-state index in [9.17, 15) is 0 Å². The van der Waals surface area contributed by atoms with E-state index in [1.165, 1.54) is 5.56 Å². The third-order valence-electron chi connectivity index (χ3n) is 5.99. The molecule has 0 saturated carbocycles. The second-order valence-corrected chi connectivity index (χ2v) is 8.49. The third kappa shape index (κ3) is 4.71. The van der Waals surface area contributed by atoms with Crippen LogP contribution in [0.4, 0.5) is 11.9 Å². The van der Waals surface area contributed by atoms with Crippen LogP contribution in [0.15, 0.2) is 28.8 Å². The standard InChI is InChI=1S/C22H31N9O/c1-14-6-8-17(9-7-14)19-24-20(32-28-19)16(3)31-12-10-30(11-13-31)15(2)18-25-21(23)27-22(26-18)29(4)5/h6-9,15-16H,10-13H2,1-5H3,(H2,23,25,26,27). The highest BCUT2D eigenvalue weighted by molar-refractivity contribution is 5.54. The number of hydrogen-bond acceptors (Lipinski definition) is 10. The third-order valence-corrected chi connectivity index (χ3v) is 5.99. The molecule has 0 aliphatic carbocycles. The topological polar surface area (TPSA) is 113 Å². The molecule has 0 spiro atoms. The summed E-state index contributed by atoms with van der Waals surface area (Å²) < 4.78 is 5.59. The molecule has 2 unspecified atom stereocenters. The van der Waals surface area contributed by atoms with E-state index in [0.717, 1.165) is 31.7 Å². The number of aryl methyl sites for hydroxylation is 1. The van der Waals surface area contributed by atoms with E-state index < -0.39 is 0 Å². The lowest BCUT2D eigenvalue weighted by molar-refractivity contribution is 0.0656. The van der Waals surface area contributed by atoms with E-state index >= 15 is 0 Å². The van der Waals surface area contributed by atoms with Crippen LogP contribution < -0.4 is 10.6 Å². The van der Waals surface area contributed by atoms with Gasteiger partial charge < -0.3 is 15.2 Å². The minimum Gasteiger partial charge on any atom is -0.368 e. The number of aromatic nitrogens is 5. The summed E-state index contributed by atoms with van der Waals surface area (Å²) in [5.74, 6) is 2.79. The van der Waals surface area contributed by atoms with Crippen LogP contribution >= 0.6 is 0 Å². The number of benzene rings is 1. The fraction of sp³-hybridized carbons (Fsp3) is 0.500. The summed E-state index contributed by atoms with van der Waals surface area (Å²) in [5.41, 5.74) is 8.07. The van der Waals surface area contributed by atoms with Crippen molar-refractivity contribution in [3.8, 4) is 11.4 Å². The second kappa shape index (κ2) is 9.17. The van der Waals surface area contributed by atoms with Crippen LogP contribution in [0.1, 0.15) is 43.2 Å². The molecule has 4 rings (SSSR count). The van der Waals surface area contributed by atoms with Crippen molar-refractivity contribution in [3.05, 3.63) is 41.5 Å². The van der Waals surface area contributed by atoms with E-state index in [4.69, 9.17) is 10.3 Å². The van der Waals surface area contributed by atoms with Gasteiger partial charge in [-0.1, -0.05) is 35.0 Å². The van der Waals surface area contributed by atoms with Gasteiger partial charge in [-0.15, -0.1) is 0 Å². The number of rotatable bonds is 6. The van der Waals surface area contributed by atoms with Crippen molar-refractivity contribution in [2.45, 2.75) is 32.9 Å². The van der Waals surface area contributed by atoms with Gasteiger partial charge in [0.2, 0.25) is 23.6 Å². The van der Waals surface area contributed by atoms with E-state index in [1.807, 2.05) is 31.1 Å². The summed E-state index contributed by atoms with van der Waals surface area (Å²) in [6, 6.07) is 8.24. The molecule has 10 nitrogen and oxygen atoms in total. The van der Waals surface area contributed by atoms with E-state index in [-0.39, 0.29) is 18.0 Å². The smallest absolute Gasteiger partial charge is 0.244 e.